The summed E-state index contributed by atoms with van der Waals surface area (Å²) in [5, 5.41) is 1.67. The predicted octanol–water partition coefficient (Wildman–Crippen LogP) is 4.61. The van der Waals surface area contributed by atoms with Gasteiger partial charge in [-0.1, -0.05) is 55.3 Å². The molecule has 1 aromatic rings. The van der Waals surface area contributed by atoms with E-state index in [2.05, 4.69) is 41.8 Å². The average Bonchev–Trinajstić information content (AvgIpc) is 2.92. The van der Waals surface area contributed by atoms with Crippen LogP contribution in [0.1, 0.15) is 32.1 Å². The van der Waals surface area contributed by atoms with Crippen LogP contribution in [0.4, 0.5) is 5.69 Å². The number of hydrogen-bond acceptors (Lipinski definition) is 2. The van der Waals surface area contributed by atoms with Gasteiger partial charge < -0.3 is 4.90 Å². The quantitative estimate of drug-likeness (QED) is 0.754. The molecule has 3 heteroatoms. The van der Waals surface area contributed by atoms with Crippen LogP contribution in [-0.4, -0.2) is 27.9 Å². The smallest absolute Gasteiger partial charge is 0.165 e. The Labute approximate surface area is 126 Å². The highest BCUT2D eigenvalue weighted by Crippen LogP contribution is 2.34. The van der Waals surface area contributed by atoms with E-state index in [1.165, 1.54) is 37.3 Å². The minimum Gasteiger partial charge on any atom is -0.347 e. The summed E-state index contributed by atoms with van der Waals surface area (Å²) in [7, 11) is 0. The van der Waals surface area contributed by atoms with Crippen LogP contribution in [-0.2, 0) is 0 Å². The molecule has 1 aliphatic heterocycles. The van der Waals surface area contributed by atoms with Gasteiger partial charge in [-0.15, -0.1) is 6.58 Å². The van der Waals surface area contributed by atoms with E-state index in [1.54, 1.807) is 0 Å². The third-order valence-electron chi connectivity index (χ3n) is 4.14. The molecular formula is C17H22N2S. The molecule has 106 valence electrons. The number of nitrogens with zero attached hydrogens (tertiary/aromatic N) is 2. The Hall–Kier alpha value is -1.22. The Balaban J connectivity index is 1.82. The maximum Gasteiger partial charge on any atom is 0.165 e. The van der Waals surface area contributed by atoms with E-state index >= 15 is 0 Å². The van der Waals surface area contributed by atoms with Gasteiger partial charge in [0.15, 0.2) is 5.17 Å². The number of para-hydroxylation sites is 1. The summed E-state index contributed by atoms with van der Waals surface area (Å²) in [5.74, 6) is 0. The molecule has 0 unspecified atom stereocenters. The van der Waals surface area contributed by atoms with E-state index in [0.717, 1.165) is 12.2 Å². The molecule has 2 fully saturated rings. The van der Waals surface area contributed by atoms with Gasteiger partial charge in [-0.05, 0) is 25.0 Å². The third-order valence-corrected chi connectivity index (χ3v) is 5.32. The molecule has 1 saturated heterocycles. The van der Waals surface area contributed by atoms with Crippen molar-refractivity contribution in [3.8, 4) is 0 Å². The Bertz CT molecular complexity index is 477. The highest BCUT2D eigenvalue weighted by Gasteiger charge is 2.32. The molecule has 2 nitrogen and oxygen atoms in total. The summed E-state index contributed by atoms with van der Waals surface area (Å²) < 4.78 is 0. The van der Waals surface area contributed by atoms with Crippen LogP contribution in [0.15, 0.2) is 48.0 Å². The zero-order chi connectivity index (χ0) is 13.8. The Kier molecular flexibility index (Phi) is 4.46. The second-order valence-corrected chi connectivity index (χ2v) is 6.77. The van der Waals surface area contributed by atoms with Crippen molar-refractivity contribution in [1.82, 2.24) is 4.90 Å². The molecule has 0 aromatic heterocycles. The summed E-state index contributed by atoms with van der Waals surface area (Å²) in [6.07, 6.45) is 8.82. The molecule has 0 radical (unpaired) electrons. The maximum atomic E-state index is 4.87. The zero-order valence-corrected chi connectivity index (χ0v) is 12.7. The standard InChI is InChI=1S/C17H22N2S/c1-2-16-13-19(15-11-7-4-8-12-15)17(20-16)18-14-9-5-3-6-10-14/h2-3,5-6,9-10,15-16H,1,4,7-8,11-13H2/t16-/m1/s1. The Morgan fingerprint density at radius 2 is 1.90 bits per heavy atom. The van der Waals surface area contributed by atoms with Crippen LogP contribution in [0.5, 0.6) is 0 Å². The first kappa shape index (κ1) is 13.7. The lowest BCUT2D eigenvalue weighted by Gasteiger charge is -2.32. The Morgan fingerprint density at radius 1 is 1.15 bits per heavy atom. The van der Waals surface area contributed by atoms with Crippen molar-refractivity contribution in [3.63, 3.8) is 0 Å². The fraction of sp³-hybridized carbons (Fsp3) is 0.471. The van der Waals surface area contributed by atoms with Crippen molar-refractivity contribution in [2.45, 2.75) is 43.4 Å². The lowest BCUT2D eigenvalue weighted by atomic mass is 9.94. The average molecular weight is 286 g/mol. The maximum absolute atomic E-state index is 4.87. The lowest BCUT2D eigenvalue weighted by Crippen LogP contribution is -2.38. The molecule has 0 spiro atoms. The predicted molar refractivity (Wildman–Crippen MR) is 88.7 cm³/mol. The number of hydrogen-bond donors (Lipinski definition) is 0. The van der Waals surface area contributed by atoms with Crippen molar-refractivity contribution in [1.29, 1.82) is 0 Å². The molecule has 1 saturated carbocycles. The molecule has 3 rings (SSSR count). The van der Waals surface area contributed by atoms with E-state index in [0.29, 0.717) is 11.3 Å². The molecule has 1 atom stereocenters. The first-order valence-corrected chi connectivity index (χ1v) is 8.44. The minimum atomic E-state index is 0.486. The number of amidine groups is 1. The summed E-state index contributed by atoms with van der Waals surface area (Å²) >= 11 is 1.87. The van der Waals surface area contributed by atoms with Crippen molar-refractivity contribution >= 4 is 22.6 Å². The van der Waals surface area contributed by atoms with Gasteiger partial charge in [0.2, 0.25) is 0 Å². The second-order valence-electron chi connectivity index (χ2n) is 5.57. The summed E-state index contributed by atoms with van der Waals surface area (Å²) in [6, 6.07) is 11.0. The van der Waals surface area contributed by atoms with Crippen molar-refractivity contribution in [2.24, 2.45) is 4.99 Å². The monoisotopic (exact) mass is 286 g/mol. The van der Waals surface area contributed by atoms with Crippen LogP contribution in [0, 0.1) is 0 Å². The van der Waals surface area contributed by atoms with Crippen LogP contribution in [0.3, 0.4) is 0 Å². The SMILES string of the molecule is C=C[C@@H]1CN(C2CCCCC2)C(=Nc2ccccc2)S1. The third kappa shape index (κ3) is 3.09. The van der Waals surface area contributed by atoms with Crippen molar-refractivity contribution in [3.05, 3.63) is 43.0 Å². The lowest BCUT2D eigenvalue weighted by molar-refractivity contribution is 0.257. The van der Waals surface area contributed by atoms with Crippen molar-refractivity contribution in [2.75, 3.05) is 6.54 Å². The van der Waals surface area contributed by atoms with Gasteiger partial charge in [0.05, 0.1) is 5.69 Å². The molecule has 0 N–H and O–H groups in total. The molecular weight excluding hydrogens is 264 g/mol. The van der Waals surface area contributed by atoms with E-state index < -0.39 is 0 Å². The molecule has 1 heterocycles. The van der Waals surface area contributed by atoms with Gasteiger partial charge in [0.1, 0.15) is 0 Å². The van der Waals surface area contributed by atoms with Gasteiger partial charge in [-0.3, -0.25) is 0 Å². The van der Waals surface area contributed by atoms with Crippen LogP contribution < -0.4 is 0 Å². The number of benzene rings is 1. The molecule has 0 bridgehead atoms. The molecule has 2 aliphatic rings. The Morgan fingerprint density at radius 3 is 2.60 bits per heavy atom. The van der Waals surface area contributed by atoms with Gasteiger partial charge >= 0.3 is 0 Å². The molecule has 0 amide bonds. The largest absolute Gasteiger partial charge is 0.347 e. The van der Waals surface area contributed by atoms with Crippen LogP contribution >= 0.6 is 11.8 Å². The van der Waals surface area contributed by atoms with Crippen LogP contribution in [0.2, 0.25) is 0 Å². The van der Waals surface area contributed by atoms with Gasteiger partial charge in [-0.2, -0.15) is 0 Å². The summed E-state index contributed by atoms with van der Waals surface area (Å²) in [4.78, 5) is 7.40. The molecule has 20 heavy (non-hydrogen) atoms. The van der Waals surface area contributed by atoms with Gasteiger partial charge in [0, 0.05) is 17.8 Å². The first-order chi connectivity index (χ1) is 9.86. The van der Waals surface area contributed by atoms with E-state index in [9.17, 15) is 0 Å². The molecule has 1 aliphatic carbocycles. The summed E-state index contributed by atoms with van der Waals surface area (Å²) in [5.41, 5.74) is 1.06. The minimum absolute atomic E-state index is 0.486. The van der Waals surface area contributed by atoms with Crippen LogP contribution in [0.25, 0.3) is 0 Å². The first-order valence-electron chi connectivity index (χ1n) is 7.56. The summed E-state index contributed by atoms with van der Waals surface area (Å²) in [6.45, 7) is 5.04. The number of aliphatic imine (C=N–C) groups is 1. The van der Waals surface area contributed by atoms with Gasteiger partial charge in [-0.25, -0.2) is 4.99 Å². The van der Waals surface area contributed by atoms with Gasteiger partial charge in [0.25, 0.3) is 0 Å². The topological polar surface area (TPSA) is 15.6 Å². The van der Waals surface area contributed by atoms with E-state index in [1.807, 2.05) is 17.8 Å². The fourth-order valence-corrected chi connectivity index (χ4v) is 4.16. The molecule has 1 aromatic carbocycles. The highest BCUT2D eigenvalue weighted by molar-refractivity contribution is 8.14. The second kappa shape index (κ2) is 6.49. The van der Waals surface area contributed by atoms with E-state index in [-0.39, 0.29) is 0 Å². The van der Waals surface area contributed by atoms with Crippen molar-refractivity contribution < 1.29 is 0 Å². The zero-order valence-electron chi connectivity index (χ0n) is 11.9. The highest BCUT2D eigenvalue weighted by atomic mass is 32.2. The number of rotatable bonds is 3. The fourth-order valence-electron chi connectivity index (χ4n) is 3.04. The van der Waals surface area contributed by atoms with E-state index in [4.69, 9.17) is 4.99 Å². The normalized spacial score (nSPS) is 26.1. The number of thioether (sulfide) groups is 1.